The minimum atomic E-state index is -2.51. The van der Waals surface area contributed by atoms with Crippen molar-refractivity contribution in [3.63, 3.8) is 0 Å². The summed E-state index contributed by atoms with van der Waals surface area (Å²) in [5.74, 6) is 0.369. The fourth-order valence-electron chi connectivity index (χ4n) is 6.05. The number of rotatable bonds is 17. The summed E-state index contributed by atoms with van der Waals surface area (Å²) in [6, 6.07) is 5.59. The Morgan fingerprint density at radius 2 is 1.81 bits per heavy atom. The van der Waals surface area contributed by atoms with Gasteiger partial charge in [-0.15, -0.1) is 5.92 Å². The summed E-state index contributed by atoms with van der Waals surface area (Å²) in [6.07, 6.45) is 10.9. The largest absolute Gasteiger partial charge is 0.541 e. The molecule has 2 aromatic rings. The van der Waals surface area contributed by atoms with E-state index in [1.807, 2.05) is 45.3 Å². The third kappa shape index (κ3) is 16.7. The molecular weight excluding hydrogens is 649 g/mol. The number of carbonyl (C=O) groups excluding carboxylic acids is 3. The average molecular weight is 703 g/mol. The molecule has 1 aromatic carbocycles. The SMILES string of the molecule is CO[C@H](C([C-]=O)C(CCNC=O)CC(F)F)C(C)(C)C.COc1ccc2nc(CCCCCC3CCCC3)c(=O)[nH]c2c1.NC=O.[V]. The maximum Gasteiger partial charge on any atom is 0.270 e. The normalized spacial score (nSPS) is 14.8. The average Bonchev–Trinajstić information content (AvgIpc) is 3.53. The number of nitrogens with one attached hydrogen (secondary N) is 2. The second-order valence-corrected chi connectivity index (χ2v) is 12.7. The molecule has 0 bridgehead atoms. The number of benzene rings is 1. The van der Waals surface area contributed by atoms with Crippen molar-refractivity contribution in [1.82, 2.24) is 15.3 Å². The van der Waals surface area contributed by atoms with E-state index in [2.05, 4.69) is 21.0 Å². The fraction of sp³-hybridized carbons (Fsp3) is 0.676. The second kappa shape index (κ2) is 24.3. The number of ether oxygens (including phenoxy) is 2. The first-order chi connectivity index (χ1) is 21.9. The molecule has 3 atom stereocenters. The molecule has 0 saturated heterocycles. The molecule has 1 heterocycles. The Balaban J connectivity index is 0.000000824. The third-order valence-corrected chi connectivity index (χ3v) is 8.27. The molecule has 1 saturated carbocycles. The number of nitrogens with two attached hydrogens (primary N) is 1. The van der Waals surface area contributed by atoms with Gasteiger partial charge < -0.3 is 30.3 Å². The van der Waals surface area contributed by atoms with Crippen molar-refractivity contribution >= 4 is 30.1 Å². The van der Waals surface area contributed by atoms with E-state index in [1.54, 1.807) is 7.11 Å². The van der Waals surface area contributed by atoms with Crippen LogP contribution in [-0.4, -0.2) is 62.4 Å². The second-order valence-electron chi connectivity index (χ2n) is 12.7. The van der Waals surface area contributed by atoms with Gasteiger partial charge in [-0.25, -0.2) is 13.8 Å². The Morgan fingerprint density at radius 3 is 2.34 bits per heavy atom. The van der Waals surface area contributed by atoms with Crippen LogP contribution in [0, 0.1) is 23.2 Å². The molecule has 0 aliphatic heterocycles. The number of amides is 2. The van der Waals surface area contributed by atoms with Crippen molar-refractivity contribution in [2.45, 2.75) is 104 Å². The van der Waals surface area contributed by atoms with E-state index in [0.29, 0.717) is 18.5 Å². The van der Waals surface area contributed by atoms with E-state index >= 15 is 0 Å². The molecule has 2 unspecified atom stereocenters. The van der Waals surface area contributed by atoms with Gasteiger partial charge >= 0.3 is 0 Å². The van der Waals surface area contributed by atoms with Crippen LogP contribution in [0.4, 0.5) is 8.78 Å². The van der Waals surface area contributed by atoms with Crippen LogP contribution in [0.2, 0.25) is 0 Å². The van der Waals surface area contributed by atoms with Crippen LogP contribution >= 0.6 is 0 Å². The number of alkyl halides is 2. The van der Waals surface area contributed by atoms with Crippen molar-refractivity contribution in [3.8, 4) is 5.75 Å². The molecule has 10 nitrogen and oxygen atoms in total. The van der Waals surface area contributed by atoms with E-state index in [4.69, 9.17) is 14.3 Å². The standard InChI is InChI=1S/C19H26N2O2.C14H24F2NO3.CH3NO.V/c1-23-15-11-12-16-18(13-15)21-19(22)17(20-16)10-4-2-3-7-14-8-5-6-9-14;1-14(2,3)13(20-4)11(8-18)10(7-12(15)16)5-6-17-9-19;2-1-3;/h11-14H,2-10H2,1H3,(H,21,22);9-13H,5-7H2,1-4H3,(H,17,19);1H,(H2,2,3);/q;-1;;/t;10?,11?,13-;;/m.1../s1. The number of methoxy groups -OCH3 is 2. The summed E-state index contributed by atoms with van der Waals surface area (Å²) in [5, 5.41) is 2.43. The Bertz CT molecular complexity index is 1220. The Labute approximate surface area is 289 Å². The maximum atomic E-state index is 12.7. The van der Waals surface area contributed by atoms with Crippen molar-refractivity contribution in [3.05, 3.63) is 34.2 Å². The van der Waals surface area contributed by atoms with Crippen LogP contribution in [0.3, 0.4) is 0 Å². The number of nitrogens with zero attached hydrogens (tertiary/aromatic N) is 1. The van der Waals surface area contributed by atoms with Gasteiger partial charge in [-0.05, 0) is 42.7 Å². The molecule has 47 heavy (non-hydrogen) atoms. The zero-order chi connectivity index (χ0) is 34.5. The molecule has 265 valence electrons. The molecule has 13 heteroatoms. The number of primary amides is 1. The van der Waals surface area contributed by atoms with Gasteiger partial charge in [0.25, 0.3) is 5.56 Å². The van der Waals surface area contributed by atoms with Crippen molar-refractivity contribution in [2.24, 2.45) is 28.9 Å². The first-order valence-electron chi connectivity index (χ1n) is 16.0. The molecule has 2 amide bonds. The van der Waals surface area contributed by atoms with Gasteiger partial charge in [-0.3, -0.25) is 20.7 Å². The van der Waals surface area contributed by atoms with Crippen molar-refractivity contribution in [2.75, 3.05) is 20.8 Å². The molecule has 3 rings (SSSR count). The summed E-state index contributed by atoms with van der Waals surface area (Å²) in [4.78, 5) is 49.7. The zero-order valence-electron chi connectivity index (χ0n) is 28.4. The summed E-state index contributed by atoms with van der Waals surface area (Å²) in [7, 11) is 3.08. The summed E-state index contributed by atoms with van der Waals surface area (Å²) < 4.78 is 35.9. The molecule has 1 aliphatic rings. The summed E-state index contributed by atoms with van der Waals surface area (Å²) in [5.41, 5.74) is 5.95. The number of fused-ring (bicyclic) bond motifs is 1. The Kier molecular flexibility index (Phi) is 22.9. The van der Waals surface area contributed by atoms with Crippen LogP contribution in [0.5, 0.6) is 5.75 Å². The van der Waals surface area contributed by atoms with Crippen LogP contribution < -0.4 is 21.3 Å². The minimum Gasteiger partial charge on any atom is -0.541 e. The molecule has 1 fully saturated rings. The Hall–Kier alpha value is -2.83. The first kappa shape index (κ1) is 44.2. The van der Waals surface area contributed by atoms with E-state index in [9.17, 15) is 23.2 Å². The number of hydrogen-bond donors (Lipinski definition) is 3. The smallest absolute Gasteiger partial charge is 0.270 e. The number of aryl methyl sites for hydroxylation is 1. The minimum absolute atomic E-state index is 0. The molecular formula is C34H53F2N4O6V-. The van der Waals surface area contributed by atoms with Crippen LogP contribution in [0.25, 0.3) is 11.0 Å². The summed E-state index contributed by atoms with van der Waals surface area (Å²) in [6.45, 7) is 5.90. The number of halogens is 2. The van der Waals surface area contributed by atoms with Crippen LogP contribution in [-0.2, 0) is 44.1 Å². The van der Waals surface area contributed by atoms with Gasteiger partial charge in [-0.2, -0.15) is 0 Å². The molecule has 1 aliphatic carbocycles. The van der Waals surface area contributed by atoms with E-state index in [0.717, 1.165) is 35.5 Å². The quantitative estimate of drug-likeness (QED) is 0.112. The fourth-order valence-corrected chi connectivity index (χ4v) is 6.05. The van der Waals surface area contributed by atoms with Crippen molar-refractivity contribution in [1.29, 1.82) is 0 Å². The molecule has 4 N–H and O–H groups in total. The topological polar surface area (TPSA) is 153 Å². The number of aromatic amines is 1. The monoisotopic (exact) mass is 702 g/mol. The molecule has 1 radical (unpaired) electrons. The summed E-state index contributed by atoms with van der Waals surface area (Å²) >= 11 is 0. The van der Waals surface area contributed by atoms with Gasteiger partial charge in [0.1, 0.15) is 11.4 Å². The van der Waals surface area contributed by atoms with E-state index in [-0.39, 0.29) is 42.5 Å². The van der Waals surface area contributed by atoms with Crippen LogP contribution in [0.1, 0.15) is 90.7 Å². The van der Waals surface area contributed by atoms with Gasteiger partial charge in [0.2, 0.25) is 19.2 Å². The van der Waals surface area contributed by atoms with E-state index in [1.165, 1.54) is 52.1 Å². The number of unbranched alkanes of at least 4 members (excludes halogenated alkanes) is 2. The Morgan fingerprint density at radius 1 is 1.15 bits per heavy atom. The number of hydrogen-bond acceptors (Lipinski definition) is 7. The first-order valence-corrected chi connectivity index (χ1v) is 16.0. The van der Waals surface area contributed by atoms with Gasteiger partial charge in [0.05, 0.1) is 18.1 Å². The predicted molar refractivity (Wildman–Crippen MR) is 176 cm³/mol. The van der Waals surface area contributed by atoms with Crippen molar-refractivity contribution < 1.29 is 51.2 Å². The van der Waals surface area contributed by atoms with Crippen LogP contribution in [0.15, 0.2) is 23.0 Å². The zero-order valence-corrected chi connectivity index (χ0v) is 29.8. The maximum absolute atomic E-state index is 12.7. The van der Waals surface area contributed by atoms with Gasteiger partial charge in [0, 0.05) is 50.8 Å². The predicted octanol–water partition coefficient (Wildman–Crippen LogP) is 5.50. The van der Waals surface area contributed by atoms with Gasteiger partial charge in [0.15, 0.2) is 0 Å². The number of carbonyl (C=O) groups is 2. The van der Waals surface area contributed by atoms with E-state index < -0.39 is 30.8 Å². The third-order valence-electron chi connectivity index (χ3n) is 8.27. The number of aromatic nitrogens is 2. The molecule has 1 aromatic heterocycles. The molecule has 0 spiro atoms. The number of H-pyrrole nitrogens is 1. The van der Waals surface area contributed by atoms with Gasteiger partial charge in [-0.1, -0.05) is 71.6 Å².